The number of hydrogen-bond donors (Lipinski definition) is 1. The van der Waals surface area contributed by atoms with E-state index in [1.165, 1.54) is 0 Å². The smallest absolute Gasteiger partial charge is 0.221 e. The van der Waals surface area contributed by atoms with Crippen molar-refractivity contribution in [2.24, 2.45) is 0 Å². The molecule has 10 heteroatoms. The van der Waals surface area contributed by atoms with Crippen LogP contribution in [0.1, 0.15) is 16.8 Å². The number of benzene rings is 1. The van der Waals surface area contributed by atoms with Crippen LogP contribution in [0, 0.1) is 18.3 Å². The number of rotatable bonds is 4. The lowest BCUT2D eigenvalue weighted by Crippen LogP contribution is -2.04. The number of nitrogen functional groups attached to an aromatic ring is 1. The van der Waals surface area contributed by atoms with Gasteiger partial charge in [0.1, 0.15) is 12.3 Å². The standard InChI is InChI=1S/C20H17N9O/c1-12-13(9-21)3-2-4-15(12)16-8-17(24-20(22)23-16)18-11-28(27-25-18)10-14-7-19-29(26-14)5-6-30-19/h2-4,7-8,11H,5-6,10H2,1H3,(H2,22,23,24). The molecule has 2 N–H and O–H groups in total. The van der Waals surface area contributed by atoms with Crippen molar-refractivity contribution in [1.29, 1.82) is 5.26 Å². The Morgan fingerprint density at radius 3 is 2.90 bits per heavy atom. The van der Waals surface area contributed by atoms with Gasteiger partial charge in [0.2, 0.25) is 11.8 Å². The zero-order valence-corrected chi connectivity index (χ0v) is 16.1. The molecule has 1 aliphatic rings. The van der Waals surface area contributed by atoms with Gasteiger partial charge < -0.3 is 10.5 Å². The first-order valence-electron chi connectivity index (χ1n) is 9.35. The molecule has 10 nitrogen and oxygen atoms in total. The first-order chi connectivity index (χ1) is 14.6. The number of anilines is 1. The molecular weight excluding hydrogens is 382 g/mol. The van der Waals surface area contributed by atoms with Crippen LogP contribution in [0.25, 0.3) is 22.6 Å². The molecule has 4 aromatic rings. The lowest BCUT2D eigenvalue weighted by Gasteiger charge is -2.08. The Balaban J connectivity index is 1.46. The molecule has 0 unspecified atom stereocenters. The molecule has 0 bridgehead atoms. The van der Waals surface area contributed by atoms with Crippen molar-refractivity contribution < 1.29 is 4.74 Å². The van der Waals surface area contributed by atoms with E-state index in [9.17, 15) is 5.26 Å². The van der Waals surface area contributed by atoms with Crippen LogP contribution >= 0.6 is 0 Å². The number of ether oxygens (including phenoxy) is 1. The van der Waals surface area contributed by atoms with Crippen LogP contribution < -0.4 is 10.5 Å². The average molecular weight is 399 g/mol. The summed E-state index contributed by atoms with van der Waals surface area (Å²) in [6, 6.07) is 11.4. The third-order valence-corrected chi connectivity index (χ3v) is 4.95. The molecular formula is C20H17N9O. The number of fused-ring (bicyclic) bond motifs is 1. The average Bonchev–Trinajstić information content (AvgIpc) is 3.44. The van der Waals surface area contributed by atoms with Crippen molar-refractivity contribution in [2.45, 2.75) is 20.0 Å². The van der Waals surface area contributed by atoms with Gasteiger partial charge in [-0.15, -0.1) is 5.10 Å². The van der Waals surface area contributed by atoms with Crippen LogP contribution in [0.4, 0.5) is 5.95 Å². The van der Waals surface area contributed by atoms with Gasteiger partial charge in [0, 0.05) is 11.6 Å². The monoisotopic (exact) mass is 399 g/mol. The molecule has 0 amide bonds. The highest BCUT2D eigenvalue weighted by atomic mass is 16.5. The number of aromatic nitrogens is 7. The maximum atomic E-state index is 9.30. The van der Waals surface area contributed by atoms with Gasteiger partial charge in [-0.1, -0.05) is 17.3 Å². The normalized spacial score (nSPS) is 12.4. The number of nitrogens with two attached hydrogens (primary N) is 1. The Hall–Kier alpha value is -4.26. The Kier molecular flexibility index (Phi) is 4.14. The summed E-state index contributed by atoms with van der Waals surface area (Å²) in [7, 11) is 0. The quantitative estimate of drug-likeness (QED) is 0.549. The summed E-state index contributed by atoms with van der Waals surface area (Å²) in [5, 5.41) is 22.2. The van der Waals surface area contributed by atoms with Crippen LogP contribution in [0.3, 0.4) is 0 Å². The second kappa shape index (κ2) is 6.97. The molecule has 0 aliphatic carbocycles. The lowest BCUT2D eigenvalue weighted by molar-refractivity contribution is 0.356. The van der Waals surface area contributed by atoms with Gasteiger partial charge in [-0.3, -0.25) is 0 Å². The zero-order valence-electron chi connectivity index (χ0n) is 16.1. The summed E-state index contributed by atoms with van der Waals surface area (Å²) in [6.45, 7) is 3.76. The van der Waals surface area contributed by atoms with Crippen molar-refractivity contribution in [3.63, 3.8) is 0 Å². The SMILES string of the molecule is Cc1c(C#N)cccc1-c1cc(-c2cn(Cc3cc4n(n3)CCO4)nn2)nc(N)n1. The van der Waals surface area contributed by atoms with Crippen LogP contribution in [0.15, 0.2) is 36.5 Å². The maximum absolute atomic E-state index is 9.30. The van der Waals surface area contributed by atoms with E-state index in [2.05, 4.69) is 31.4 Å². The van der Waals surface area contributed by atoms with Crippen molar-refractivity contribution >= 4 is 5.95 Å². The first kappa shape index (κ1) is 17.8. The fourth-order valence-electron chi connectivity index (χ4n) is 3.47. The molecule has 0 spiro atoms. The lowest BCUT2D eigenvalue weighted by atomic mass is 10.00. The van der Waals surface area contributed by atoms with Gasteiger partial charge in [0.05, 0.1) is 48.0 Å². The predicted octanol–water partition coefficient (Wildman–Crippen LogP) is 1.80. The summed E-state index contributed by atoms with van der Waals surface area (Å²) >= 11 is 0. The van der Waals surface area contributed by atoms with Crippen molar-refractivity contribution in [3.8, 4) is 34.6 Å². The molecule has 0 radical (unpaired) electrons. The number of hydrogen-bond acceptors (Lipinski definition) is 8. The van der Waals surface area contributed by atoms with E-state index in [0.29, 0.717) is 35.8 Å². The molecule has 0 atom stereocenters. The summed E-state index contributed by atoms with van der Waals surface area (Å²) in [5.41, 5.74) is 10.8. The van der Waals surface area contributed by atoms with E-state index >= 15 is 0 Å². The van der Waals surface area contributed by atoms with Gasteiger partial charge in [-0.2, -0.15) is 10.4 Å². The summed E-state index contributed by atoms with van der Waals surface area (Å²) in [6.07, 6.45) is 1.79. The summed E-state index contributed by atoms with van der Waals surface area (Å²) < 4.78 is 9.01. The van der Waals surface area contributed by atoms with Crippen LogP contribution in [0.2, 0.25) is 0 Å². The van der Waals surface area contributed by atoms with Gasteiger partial charge in [-0.05, 0) is 24.6 Å². The molecule has 4 heterocycles. The van der Waals surface area contributed by atoms with E-state index < -0.39 is 0 Å². The second-order valence-corrected chi connectivity index (χ2v) is 6.93. The van der Waals surface area contributed by atoms with Crippen LogP contribution in [-0.4, -0.2) is 41.3 Å². The first-order valence-corrected chi connectivity index (χ1v) is 9.35. The van der Waals surface area contributed by atoms with Crippen molar-refractivity contribution in [3.05, 3.63) is 53.3 Å². The molecule has 0 saturated carbocycles. The van der Waals surface area contributed by atoms with Gasteiger partial charge in [-0.25, -0.2) is 19.3 Å². The third kappa shape index (κ3) is 3.12. The molecule has 5 rings (SSSR count). The largest absolute Gasteiger partial charge is 0.476 e. The minimum Gasteiger partial charge on any atom is -0.476 e. The molecule has 148 valence electrons. The molecule has 3 aromatic heterocycles. The Labute approximate surface area is 171 Å². The Bertz CT molecular complexity index is 1280. The number of nitriles is 1. The van der Waals surface area contributed by atoms with E-state index in [4.69, 9.17) is 10.5 Å². The van der Waals surface area contributed by atoms with Gasteiger partial charge in [0.25, 0.3) is 0 Å². The van der Waals surface area contributed by atoms with Crippen molar-refractivity contribution in [1.82, 2.24) is 34.7 Å². The minimum atomic E-state index is 0.126. The Morgan fingerprint density at radius 1 is 1.20 bits per heavy atom. The van der Waals surface area contributed by atoms with Gasteiger partial charge in [0.15, 0.2) is 0 Å². The van der Waals surface area contributed by atoms with Gasteiger partial charge >= 0.3 is 0 Å². The third-order valence-electron chi connectivity index (χ3n) is 4.95. The fourth-order valence-corrected chi connectivity index (χ4v) is 3.47. The molecule has 1 aromatic carbocycles. The highest BCUT2D eigenvalue weighted by Gasteiger charge is 2.16. The zero-order chi connectivity index (χ0) is 20.7. The number of nitrogens with zero attached hydrogens (tertiary/aromatic N) is 8. The van der Waals surface area contributed by atoms with Crippen LogP contribution in [0.5, 0.6) is 5.88 Å². The van der Waals surface area contributed by atoms with E-state index in [-0.39, 0.29) is 5.95 Å². The molecule has 0 fully saturated rings. The highest BCUT2D eigenvalue weighted by molar-refractivity contribution is 5.71. The van der Waals surface area contributed by atoms with E-state index in [1.54, 1.807) is 23.0 Å². The predicted molar refractivity (Wildman–Crippen MR) is 107 cm³/mol. The highest BCUT2D eigenvalue weighted by Crippen LogP contribution is 2.27. The van der Waals surface area contributed by atoms with E-state index in [1.807, 2.05) is 29.8 Å². The maximum Gasteiger partial charge on any atom is 0.221 e. The molecule has 30 heavy (non-hydrogen) atoms. The molecule has 0 saturated heterocycles. The Morgan fingerprint density at radius 2 is 2.07 bits per heavy atom. The van der Waals surface area contributed by atoms with Crippen molar-refractivity contribution in [2.75, 3.05) is 12.3 Å². The summed E-state index contributed by atoms with van der Waals surface area (Å²) in [4.78, 5) is 8.65. The second-order valence-electron chi connectivity index (χ2n) is 6.93. The summed E-state index contributed by atoms with van der Waals surface area (Å²) in [5.74, 6) is 0.898. The minimum absolute atomic E-state index is 0.126. The fraction of sp³-hybridized carbons (Fsp3) is 0.200. The van der Waals surface area contributed by atoms with E-state index in [0.717, 1.165) is 29.2 Å². The molecule has 1 aliphatic heterocycles. The topological polar surface area (TPSA) is 133 Å². The van der Waals surface area contributed by atoms with Crippen LogP contribution in [-0.2, 0) is 13.1 Å².